The third kappa shape index (κ3) is 7.04. The van der Waals surface area contributed by atoms with Crippen molar-refractivity contribution < 1.29 is 19.4 Å². The number of unbranched alkanes of at least 4 members (excludes halogenated alkanes) is 1. The van der Waals surface area contributed by atoms with Crippen molar-refractivity contribution in [1.29, 1.82) is 0 Å². The lowest BCUT2D eigenvalue weighted by Gasteiger charge is -2.15. The highest BCUT2D eigenvalue weighted by Gasteiger charge is 2.14. The van der Waals surface area contributed by atoms with Gasteiger partial charge in [-0.25, -0.2) is 9.78 Å². The van der Waals surface area contributed by atoms with Crippen LogP contribution in [-0.4, -0.2) is 33.6 Å². The number of nitrogens with zero attached hydrogens (tertiary/aromatic N) is 3. The van der Waals surface area contributed by atoms with Gasteiger partial charge >= 0.3 is 5.97 Å². The van der Waals surface area contributed by atoms with Crippen molar-refractivity contribution in [2.75, 3.05) is 6.61 Å². The number of aromatic carboxylic acids is 1. The van der Waals surface area contributed by atoms with Gasteiger partial charge in [-0.1, -0.05) is 41.4 Å². The van der Waals surface area contributed by atoms with Gasteiger partial charge in [0.1, 0.15) is 12.4 Å². The molecule has 0 spiro atoms. The Kier molecular flexibility index (Phi) is 9.73. The summed E-state index contributed by atoms with van der Waals surface area (Å²) in [7, 11) is 0. The van der Waals surface area contributed by atoms with Crippen molar-refractivity contribution in [3.05, 3.63) is 95.5 Å². The first-order valence-corrected chi connectivity index (χ1v) is 14.3. The normalized spacial score (nSPS) is 11.3. The largest absolute Gasteiger partial charge is 0.490 e. The van der Waals surface area contributed by atoms with Crippen LogP contribution in [0.25, 0.3) is 10.9 Å². The van der Waals surface area contributed by atoms with Gasteiger partial charge in [0.15, 0.2) is 11.5 Å². The van der Waals surface area contributed by atoms with E-state index in [0.717, 1.165) is 32.0 Å². The summed E-state index contributed by atoms with van der Waals surface area (Å²) in [6, 6.07) is 15.8. The van der Waals surface area contributed by atoms with E-state index in [2.05, 4.69) is 50.5 Å². The Morgan fingerprint density at radius 3 is 2.72 bits per heavy atom. The summed E-state index contributed by atoms with van der Waals surface area (Å²) in [4.78, 5) is 29.4. The Hall–Kier alpha value is -3.25. The average molecular weight is 704 g/mol. The van der Waals surface area contributed by atoms with E-state index in [1.165, 1.54) is 10.7 Å². The molecule has 8 nitrogen and oxygen atoms in total. The van der Waals surface area contributed by atoms with Crippen LogP contribution in [0.5, 0.6) is 11.5 Å². The Morgan fingerprint density at radius 2 is 1.97 bits per heavy atom. The first-order chi connectivity index (χ1) is 18.8. The van der Waals surface area contributed by atoms with E-state index in [0.29, 0.717) is 41.3 Å². The lowest BCUT2D eigenvalue weighted by molar-refractivity contribution is 0.0696. The monoisotopic (exact) mass is 703 g/mol. The molecule has 4 rings (SSSR count). The molecule has 202 valence electrons. The number of halogens is 2. The molecule has 0 unspecified atom stereocenters. The number of benzene rings is 3. The molecule has 0 aliphatic heterocycles. The van der Waals surface area contributed by atoms with E-state index >= 15 is 0 Å². The summed E-state index contributed by atoms with van der Waals surface area (Å²) < 4.78 is 14.9. The average Bonchev–Trinajstić information content (AvgIpc) is 2.91. The van der Waals surface area contributed by atoms with Crippen molar-refractivity contribution in [2.24, 2.45) is 5.10 Å². The van der Waals surface area contributed by atoms with Gasteiger partial charge in [-0.15, -0.1) is 0 Å². The zero-order valence-corrected chi connectivity index (χ0v) is 25.2. The van der Waals surface area contributed by atoms with Crippen molar-refractivity contribution in [3.8, 4) is 11.5 Å². The van der Waals surface area contributed by atoms with Crippen LogP contribution >= 0.6 is 38.5 Å². The second-order valence-electron chi connectivity index (χ2n) is 8.71. The van der Waals surface area contributed by atoms with Gasteiger partial charge in [-0.3, -0.25) is 4.79 Å². The molecule has 0 atom stereocenters. The molecule has 3 aromatic carbocycles. The number of aromatic nitrogens is 2. The summed E-state index contributed by atoms with van der Waals surface area (Å²) in [5.41, 5.74) is 2.07. The van der Waals surface area contributed by atoms with E-state index in [1.807, 2.05) is 31.2 Å². The first kappa shape index (κ1) is 28.8. The number of carbonyl (C=O) groups is 1. The number of ether oxygens (including phenoxy) is 2. The Morgan fingerprint density at radius 1 is 1.15 bits per heavy atom. The maximum atomic E-state index is 13.4. The quantitative estimate of drug-likeness (QED) is 0.138. The molecule has 0 radical (unpaired) electrons. The molecule has 1 heterocycles. The van der Waals surface area contributed by atoms with Crippen LogP contribution in [0.3, 0.4) is 0 Å². The van der Waals surface area contributed by atoms with E-state index in [9.17, 15) is 14.7 Å². The standard InChI is InChI=1S/C29H27BrIN3O5/c1-3-5-9-26-33-24-11-10-21(30)15-22(24)28(35)34(26)32-16-19-13-23(31)27(25(14-19)38-4-2)39-17-18-7-6-8-20(12-18)29(36)37/h6-8,10-16H,3-5,9,17H2,1-2H3,(H,36,37). The zero-order chi connectivity index (χ0) is 27.9. The minimum atomic E-state index is -0.990. The molecule has 4 aromatic rings. The van der Waals surface area contributed by atoms with Crippen LogP contribution in [-0.2, 0) is 13.0 Å². The fraction of sp³-hybridized carbons (Fsp3) is 0.241. The van der Waals surface area contributed by atoms with Crippen LogP contribution in [0.1, 0.15) is 54.0 Å². The minimum Gasteiger partial charge on any atom is -0.490 e. The van der Waals surface area contributed by atoms with E-state index in [4.69, 9.17) is 14.5 Å². The Bertz CT molecular complexity index is 1600. The number of hydrogen-bond donors (Lipinski definition) is 1. The first-order valence-electron chi connectivity index (χ1n) is 12.5. The van der Waals surface area contributed by atoms with Gasteiger partial charge in [0, 0.05) is 10.9 Å². The highest BCUT2D eigenvalue weighted by Crippen LogP contribution is 2.34. The number of hydrogen-bond acceptors (Lipinski definition) is 6. The summed E-state index contributed by atoms with van der Waals surface area (Å²) >= 11 is 5.60. The molecule has 0 saturated heterocycles. The number of fused-ring (bicyclic) bond motifs is 1. The van der Waals surface area contributed by atoms with Crippen LogP contribution in [0.15, 0.2) is 69.0 Å². The molecule has 0 fully saturated rings. The van der Waals surface area contributed by atoms with Gasteiger partial charge < -0.3 is 14.6 Å². The van der Waals surface area contributed by atoms with E-state index < -0.39 is 5.97 Å². The second-order valence-corrected chi connectivity index (χ2v) is 10.8. The van der Waals surface area contributed by atoms with Crippen LogP contribution in [0, 0.1) is 3.57 Å². The molecular formula is C29H27BrIN3O5. The molecule has 39 heavy (non-hydrogen) atoms. The predicted molar refractivity (Wildman–Crippen MR) is 163 cm³/mol. The molecule has 1 aromatic heterocycles. The van der Waals surface area contributed by atoms with Gasteiger partial charge in [0.05, 0.1) is 32.9 Å². The van der Waals surface area contributed by atoms with Gasteiger partial charge in [0.25, 0.3) is 5.56 Å². The minimum absolute atomic E-state index is 0.180. The predicted octanol–water partition coefficient (Wildman–Crippen LogP) is 6.66. The highest BCUT2D eigenvalue weighted by atomic mass is 127. The molecule has 0 aliphatic rings. The van der Waals surface area contributed by atoms with Gasteiger partial charge in [0.2, 0.25) is 0 Å². The molecule has 0 amide bonds. The second kappa shape index (κ2) is 13.2. The Balaban J connectivity index is 1.67. The van der Waals surface area contributed by atoms with Crippen molar-refractivity contribution >= 4 is 61.6 Å². The number of carboxylic acids is 1. The lowest BCUT2D eigenvalue weighted by atomic mass is 10.1. The van der Waals surface area contributed by atoms with Crippen LogP contribution in [0.2, 0.25) is 0 Å². The molecule has 1 N–H and O–H groups in total. The van der Waals surface area contributed by atoms with Crippen molar-refractivity contribution in [3.63, 3.8) is 0 Å². The van der Waals surface area contributed by atoms with Gasteiger partial charge in [-0.2, -0.15) is 9.78 Å². The molecule has 0 saturated carbocycles. The topological polar surface area (TPSA) is 103 Å². The molecular weight excluding hydrogens is 677 g/mol. The maximum Gasteiger partial charge on any atom is 0.335 e. The van der Waals surface area contributed by atoms with E-state index in [1.54, 1.807) is 30.5 Å². The summed E-state index contributed by atoms with van der Waals surface area (Å²) in [5, 5.41) is 14.3. The summed E-state index contributed by atoms with van der Waals surface area (Å²) in [6.07, 6.45) is 4.10. The summed E-state index contributed by atoms with van der Waals surface area (Å²) in [6.45, 7) is 4.57. The summed E-state index contributed by atoms with van der Waals surface area (Å²) in [5.74, 6) is 0.695. The van der Waals surface area contributed by atoms with Crippen molar-refractivity contribution in [1.82, 2.24) is 9.66 Å². The molecule has 0 aliphatic carbocycles. The van der Waals surface area contributed by atoms with Crippen molar-refractivity contribution in [2.45, 2.75) is 39.7 Å². The van der Waals surface area contributed by atoms with Gasteiger partial charge in [-0.05, 0) is 89.5 Å². The number of carboxylic acid groups (broad SMARTS) is 1. The van der Waals surface area contributed by atoms with Crippen LogP contribution in [0.4, 0.5) is 0 Å². The maximum absolute atomic E-state index is 13.4. The fourth-order valence-corrected chi connectivity index (χ4v) is 5.09. The smallest absolute Gasteiger partial charge is 0.335 e. The van der Waals surface area contributed by atoms with E-state index in [-0.39, 0.29) is 17.7 Å². The third-order valence-corrected chi connectivity index (χ3v) is 7.13. The molecule has 10 heteroatoms. The van der Waals surface area contributed by atoms with Crippen LogP contribution < -0.4 is 15.0 Å². The highest BCUT2D eigenvalue weighted by molar-refractivity contribution is 14.1. The Labute approximate surface area is 248 Å². The lowest BCUT2D eigenvalue weighted by Crippen LogP contribution is -2.22. The fourth-order valence-electron chi connectivity index (χ4n) is 3.95. The third-order valence-electron chi connectivity index (χ3n) is 5.84. The number of rotatable bonds is 11. The SMILES string of the molecule is CCCCc1nc2ccc(Br)cc2c(=O)n1N=Cc1cc(I)c(OCc2cccc(C(=O)O)c2)c(OCC)c1. The molecule has 0 bridgehead atoms. The number of aryl methyl sites for hydroxylation is 1. The zero-order valence-electron chi connectivity index (χ0n) is 21.5.